The van der Waals surface area contributed by atoms with E-state index in [0.29, 0.717) is 5.25 Å². The van der Waals surface area contributed by atoms with Crippen LogP contribution >= 0.6 is 11.8 Å². The van der Waals surface area contributed by atoms with Crippen LogP contribution in [0.4, 0.5) is 4.79 Å². The number of carbonyl (C=O) groups excluding carboxylic acids is 2. The number of likely N-dealkylation sites (tertiary alicyclic amines) is 1. The number of hydrogen-bond donors (Lipinski definition) is 1. The summed E-state index contributed by atoms with van der Waals surface area (Å²) in [6.45, 7) is 9.68. The van der Waals surface area contributed by atoms with E-state index < -0.39 is 5.60 Å². The summed E-state index contributed by atoms with van der Waals surface area (Å²) in [5.41, 5.74) is -0.361. The molecule has 5 nitrogen and oxygen atoms in total. The van der Waals surface area contributed by atoms with E-state index in [2.05, 4.69) is 5.32 Å². The summed E-state index contributed by atoms with van der Waals surface area (Å²) >= 11 is 1.44. The van der Waals surface area contributed by atoms with Crippen molar-refractivity contribution in [3.05, 3.63) is 0 Å². The number of carbonyl (C=O) groups is 2. The maximum atomic E-state index is 12.2. The first-order chi connectivity index (χ1) is 10.2. The first-order valence-electron chi connectivity index (χ1n) is 8.09. The van der Waals surface area contributed by atoms with Crippen molar-refractivity contribution in [2.75, 3.05) is 19.6 Å². The van der Waals surface area contributed by atoms with Gasteiger partial charge in [0.2, 0.25) is 0 Å². The molecule has 2 fully saturated rings. The van der Waals surface area contributed by atoms with Crippen molar-refractivity contribution >= 4 is 23.0 Å². The Hall–Kier alpha value is -0.750. The van der Waals surface area contributed by atoms with Gasteiger partial charge in [-0.1, -0.05) is 11.8 Å². The molecule has 2 unspecified atom stereocenters. The summed E-state index contributed by atoms with van der Waals surface area (Å²) in [5.74, 6) is 0. The molecule has 0 aromatic rings. The van der Waals surface area contributed by atoms with Gasteiger partial charge in [0.15, 0.2) is 5.12 Å². The second-order valence-corrected chi connectivity index (χ2v) is 8.90. The Morgan fingerprint density at radius 2 is 2.00 bits per heavy atom. The Morgan fingerprint density at radius 1 is 1.27 bits per heavy atom. The molecule has 2 aliphatic heterocycles. The lowest BCUT2D eigenvalue weighted by Crippen LogP contribution is -2.42. The van der Waals surface area contributed by atoms with Gasteiger partial charge in [-0.3, -0.25) is 4.79 Å². The van der Waals surface area contributed by atoms with Crippen molar-refractivity contribution in [2.24, 2.45) is 0 Å². The molecular formula is C16H28N2O3S. The van der Waals surface area contributed by atoms with Crippen LogP contribution in [0.1, 0.15) is 53.4 Å². The highest BCUT2D eigenvalue weighted by molar-refractivity contribution is 8.14. The minimum absolute atomic E-state index is 0.0872. The molecule has 0 aromatic carbocycles. The largest absolute Gasteiger partial charge is 0.444 e. The average molecular weight is 328 g/mol. The predicted octanol–water partition coefficient (Wildman–Crippen LogP) is 2.79. The molecule has 126 valence electrons. The van der Waals surface area contributed by atoms with Gasteiger partial charge >= 0.3 is 6.09 Å². The Morgan fingerprint density at radius 3 is 2.64 bits per heavy atom. The molecule has 0 aromatic heterocycles. The third-order valence-electron chi connectivity index (χ3n) is 4.25. The van der Waals surface area contributed by atoms with Gasteiger partial charge in [0, 0.05) is 37.3 Å². The maximum absolute atomic E-state index is 12.2. The van der Waals surface area contributed by atoms with Crippen LogP contribution in [0.2, 0.25) is 0 Å². The Bertz CT molecular complexity index is 436. The zero-order valence-electron chi connectivity index (χ0n) is 14.1. The molecule has 0 saturated carbocycles. The van der Waals surface area contributed by atoms with E-state index >= 15 is 0 Å². The fraction of sp³-hybridized carbons (Fsp3) is 0.875. The minimum atomic E-state index is -0.449. The van der Waals surface area contributed by atoms with Crippen LogP contribution in [0.5, 0.6) is 0 Å². The smallest absolute Gasteiger partial charge is 0.410 e. The number of nitrogens with one attached hydrogen (secondary N) is 1. The van der Waals surface area contributed by atoms with E-state index in [4.69, 9.17) is 4.74 Å². The third-order valence-corrected chi connectivity index (χ3v) is 5.25. The number of hydrogen-bond acceptors (Lipinski definition) is 5. The molecule has 0 aliphatic carbocycles. The van der Waals surface area contributed by atoms with Crippen LogP contribution in [0.25, 0.3) is 0 Å². The first-order valence-corrected chi connectivity index (χ1v) is 8.97. The molecule has 1 amide bonds. The van der Waals surface area contributed by atoms with E-state index in [1.54, 1.807) is 6.92 Å². The zero-order valence-corrected chi connectivity index (χ0v) is 14.9. The second-order valence-electron chi connectivity index (χ2n) is 7.42. The molecule has 2 heterocycles. The molecule has 2 saturated heterocycles. The molecule has 0 bridgehead atoms. The molecule has 2 rings (SSSR count). The van der Waals surface area contributed by atoms with Gasteiger partial charge in [-0.15, -0.1) is 0 Å². The third kappa shape index (κ3) is 4.88. The first kappa shape index (κ1) is 17.6. The van der Waals surface area contributed by atoms with Gasteiger partial charge < -0.3 is 15.0 Å². The van der Waals surface area contributed by atoms with Gasteiger partial charge in [-0.05, 0) is 46.5 Å². The number of nitrogens with zero attached hydrogens (tertiary/aromatic N) is 1. The molecule has 0 radical (unpaired) electrons. The van der Waals surface area contributed by atoms with Crippen molar-refractivity contribution in [1.82, 2.24) is 10.2 Å². The summed E-state index contributed by atoms with van der Waals surface area (Å²) in [6, 6.07) is 0. The summed E-state index contributed by atoms with van der Waals surface area (Å²) in [6.07, 6.45) is 3.77. The van der Waals surface area contributed by atoms with Gasteiger partial charge in [0.25, 0.3) is 0 Å². The van der Waals surface area contributed by atoms with Crippen molar-refractivity contribution in [3.63, 3.8) is 0 Å². The predicted molar refractivity (Wildman–Crippen MR) is 89.1 cm³/mol. The summed E-state index contributed by atoms with van der Waals surface area (Å²) in [7, 11) is 0. The summed E-state index contributed by atoms with van der Waals surface area (Å²) < 4.78 is 5.48. The van der Waals surface area contributed by atoms with Crippen molar-refractivity contribution in [3.8, 4) is 0 Å². The lowest BCUT2D eigenvalue weighted by atomic mass is 9.89. The molecule has 6 heteroatoms. The van der Waals surface area contributed by atoms with Crippen LogP contribution in [-0.4, -0.2) is 52.1 Å². The highest BCUT2D eigenvalue weighted by Crippen LogP contribution is 2.36. The van der Waals surface area contributed by atoms with Crippen molar-refractivity contribution in [2.45, 2.75) is 69.8 Å². The standard InChI is InChI=1S/C16H28N2O3S/c1-12(19)22-13-10-16(17-11-13)6-5-8-18(9-7-16)14(20)21-15(2,3)4/h13,17H,5-11H2,1-4H3. The summed E-state index contributed by atoms with van der Waals surface area (Å²) in [4.78, 5) is 25.3. The van der Waals surface area contributed by atoms with E-state index in [1.807, 2.05) is 25.7 Å². The van der Waals surface area contributed by atoms with Crippen LogP contribution < -0.4 is 5.32 Å². The molecule has 1 spiro atoms. The average Bonchev–Trinajstić information content (AvgIpc) is 2.62. The fourth-order valence-electron chi connectivity index (χ4n) is 3.31. The van der Waals surface area contributed by atoms with E-state index in [0.717, 1.165) is 45.3 Å². The molecule has 22 heavy (non-hydrogen) atoms. The van der Waals surface area contributed by atoms with E-state index in [-0.39, 0.29) is 16.7 Å². The number of amides is 1. The van der Waals surface area contributed by atoms with Crippen LogP contribution in [0.15, 0.2) is 0 Å². The zero-order chi connectivity index (χ0) is 16.4. The topological polar surface area (TPSA) is 58.6 Å². The van der Waals surface area contributed by atoms with Crippen LogP contribution in [0.3, 0.4) is 0 Å². The molecular weight excluding hydrogens is 300 g/mol. The maximum Gasteiger partial charge on any atom is 0.410 e. The van der Waals surface area contributed by atoms with Gasteiger partial charge in [0.1, 0.15) is 5.60 Å². The van der Waals surface area contributed by atoms with Gasteiger partial charge in [-0.25, -0.2) is 4.79 Å². The van der Waals surface area contributed by atoms with Crippen molar-refractivity contribution < 1.29 is 14.3 Å². The van der Waals surface area contributed by atoms with Crippen LogP contribution in [-0.2, 0) is 9.53 Å². The highest BCUT2D eigenvalue weighted by Gasteiger charge is 2.41. The second kappa shape index (κ2) is 6.79. The van der Waals surface area contributed by atoms with Crippen molar-refractivity contribution in [1.29, 1.82) is 0 Å². The normalized spacial score (nSPS) is 29.5. The minimum Gasteiger partial charge on any atom is -0.444 e. The lowest BCUT2D eigenvalue weighted by Gasteiger charge is -2.29. The monoisotopic (exact) mass is 328 g/mol. The number of rotatable bonds is 1. The van der Waals surface area contributed by atoms with Gasteiger partial charge in [-0.2, -0.15) is 0 Å². The quantitative estimate of drug-likeness (QED) is 0.802. The van der Waals surface area contributed by atoms with E-state index in [1.165, 1.54) is 11.8 Å². The Kier molecular flexibility index (Phi) is 5.43. The molecule has 1 N–H and O–H groups in total. The highest BCUT2D eigenvalue weighted by atomic mass is 32.2. The number of thioether (sulfide) groups is 1. The van der Waals surface area contributed by atoms with E-state index in [9.17, 15) is 9.59 Å². The number of ether oxygens (including phenoxy) is 1. The van der Waals surface area contributed by atoms with Gasteiger partial charge in [0.05, 0.1) is 0 Å². The lowest BCUT2D eigenvalue weighted by molar-refractivity contribution is -0.109. The Balaban J connectivity index is 1.90. The van der Waals surface area contributed by atoms with Crippen LogP contribution in [0, 0.1) is 0 Å². The molecule has 2 aliphatic rings. The molecule has 2 atom stereocenters. The SMILES string of the molecule is CC(=O)SC1CNC2(CCCN(C(=O)OC(C)(C)C)CC2)C1. The fourth-order valence-corrected chi connectivity index (χ4v) is 4.35. The Labute approximate surface area is 137 Å². The summed E-state index contributed by atoms with van der Waals surface area (Å²) in [5, 5.41) is 4.18.